The lowest BCUT2D eigenvalue weighted by molar-refractivity contribution is -0.118. The lowest BCUT2D eigenvalue weighted by atomic mass is 10.0. The zero-order valence-corrected chi connectivity index (χ0v) is 13.3. The first-order valence-corrected chi connectivity index (χ1v) is 7.98. The molecule has 1 heterocycles. The minimum atomic E-state index is -0.386. The number of nitrogens with zero attached hydrogens (tertiary/aromatic N) is 1. The van der Waals surface area contributed by atoms with Gasteiger partial charge in [0.05, 0.1) is 10.9 Å². The average Bonchev–Trinajstić information content (AvgIpc) is 2.99. The molecule has 0 spiro atoms. The third kappa shape index (κ3) is 4.17. The second-order valence-corrected chi connectivity index (χ2v) is 5.95. The van der Waals surface area contributed by atoms with Gasteiger partial charge in [0.25, 0.3) is 0 Å². The van der Waals surface area contributed by atoms with Gasteiger partial charge in [0, 0.05) is 24.5 Å². The Bertz CT molecular complexity index is 495. The Morgan fingerprint density at radius 1 is 1.33 bits per heavy atom. The fourth-order valence-corrected chi connectivity index (χ4v) is 2.88. The molecule has 1 saturated heterocycles. The molecule has 0 radical (unpaired) electrons. The van der Waals surface area contributed by atoms with Crippen LogP contribution in [-0.4, -0.2) is 24.0 Å². The Kier molecular flexibility index (Phi) is 5.56. The van der Waals surface area contributed by atoms with Crippen LogP contribution < -0.4 is 16.0 Å². The van der Waals surface area contributed by atoms with Crippen LogP contribution in [0, 0.1) is 5.92 Å². The van der Waals surface area contributed by atoms with E-state index in [-0.39, 0.29) is 16.8 Å². The van der Waals surface area contributed by atoms with Crippen LogP contribution in [0.4, 0.5) is 11.4 Å². The second kappa shape index (κ2) is 7.41. The van der Waals surface area contributed by atoms with Crippen LogP contribution in [0.25, 0.3) is 0 Å². The quantitative estimate of drug-likeness (QED) is 0.793. The van der Waals surface area contributed by atoms with Crippen molar-refractivity contribution >= 4 is 34.5 Å². The highest BCUT2D eigenvalue weighted by molar-refractivity contribution is 7.80. The summed E-state index contributed by atoms with van der Waals surface area (Å²) in [6.07, 6.45) is 4.08. The summed E-state index contributed by atoms with van der Waals surface area (Å²) in [7, 11) is 0. The van der Waals surface area contributed by atoms with Crippen LogP contribution >= 0.6 is 12.2 Å². The molecule has 1 amide bonds. The number of nitrogens with two attached hydrogens (primary N) is 1. The largest absolute Gasteiger partial charge is 0.393 e. The molecular formula is C16H23N3OS. The van der Waals surface area contributed by atoms with Crippen LogP contribution in [0.5, 0.6) is 0 Å². The van der Waals surface area contributed by atoms with E-state index in [9.17, 15) is 4.79 Å². The van der Waals surface area contributed by atoms with Gasteiger partial charge in [-0.05, 0) is 43.5 Å². The van der Waals surface area contributed by atoms with E-state index in [4.69, 9.17) is 18.0 Å². The molecule has 5 heteroatoms. The third-order valence-corrected chi connectivity index (χ3v) is 4.13. The molecule has 3 N–H and O–H groups in total. The Morgan fingerprint density at radius 2 is 1.95 bits per heavy atom. The summed E-state index contributed by atoms with van der Waals surface area (Å²) in [5.74, 6) is -0.499. The number of thiocarbonyl (C=S) groups is 1. The van der Waals surface area contributed by atoms with E-state index in [0.29, 0.717) is 6.42 Å². The Morgan fingerprint density at radius 3 is 2.48 bits per heavy atom. The minimum Gasteiger partial charge on any atom is -0.393 e. The summed E-state index contributed by atoms with van der Waals surface area (Å²) < 4.78 is 0. The van der Waals surface area contributed by atoms with Gasteiger partial charge in [0.2, 0.25) is 5.91 Å². The van der Waals surface area contributed by atoms with Crippen LogP contribution in [0.3, 0.4) is 0 Å². The normalized spacial score (nSPS) is 15.8. The number of benzene rings is 1. The van der Waals surface area contributed by atoms with Gasteiger partial charge in [-0.1, -0.05) is 25.6 Å². The Balaban J connectivity index is 1.98. The van der Waals surface area contributed by atoms with Crippen molar-refractivity contribution in [2.75, 3.05) is 23.3 Å². The molecule has 1 aliphatic rings. The third-order valence-electron chi connectivity index (χ3n) is 3.84. The monoisotopic (exact) mass is 305 g/mol. The standard InChI is InChI=1S/C16H23N3OS/c1-2-5-14(15(17)21)16(20)18-12-6-8-13(9-7-12)19-10-3-4-11-19/h6-9,14H,2-5,10-11H2,1H3,(H2,17,21)(H,18,20). The van der Waals surface area contributed by atoms with Gasteiger partial charge in [-0.3, -0.25) is 4.79 Å². The number of rotatable bonds is 6. The van der Waals surface area contributed by atoms with E-state index in [0.717, 1.165) is 25.2 Å². The zero-order chi connectivity index (χ0) is 15.2. The molecule has 1 unspecified atom stereocenters. The summed E-state index contributed by atoms with van der Waals surface area (Å²) in [5, 5.41) is 2.90. The lowest BCUT2D eigenvalue weighted by Crippen LogP contribution is -2.33. The van der Waals surface area contributed by atoms with Crippen LogP contribution in [0.2, 0.25) is 0 Å². The molecule has 4 nitrogen and oxygen atoms in total. The maximum Gasteiger partial charge on any atom is 0.234 e. The van der Waals surface area contributed by atoms with Crippen molar-refractivity contribution in [3.8, 4) is 0 Å². The minimum absolute atomic E-state index is 0.113. The smallest absolute Gasteiger partial charge is 0.234 e. The number of carbonyl (C=O) groups excluding carboxylic acids is 1. The molecule has 2 rings (SSSR count). The Hall–Kier alpha value is -1.62. The number of hydrogen-bond acceptors (Lipinski definition) is 3. The molecule has 114 valence electrons. The summed E-state index contributed by atoms with van der Waals surface area (Å²) in [6, 6.07) is 7.98. The highest BCUT2D eigenvalue weighted by Crippen LogP contribution is 2.22. The van der Waals surface area contributed by atoms with Crippen molar-refractivity contribution in [3.63, 3.8) is 0 Å². The number of anilines is 2. The summed E-state index contributed by atoms with van der Waals surface area (Å²) in [5.41, 5.74) is 7.65. The van der Waals surface area contributed by atoms with Gasteiger partial charge in [0.15, 0.2) is 0 Å². The predicted octanol–water partition coefficient (Wildman–Crippen LogP) is 2.93. The molecule has 0 bridgehead atoms. The SMILES string of the molecule is CCCC(C(=O)Nc1ccc(N2CCCC2)cc1)C(N)=S. The van der Waals surface area contributed by atoms with E-state index in [1.807, 2.05) is 19.1 Å². The van der Waals surface area contributed by atoms with Crippen LogP contribution in [0.1, 0.15) is 32.6 Å². The first-order chi connectivity index (χ1) is 10.1. The van der Waals surface area contributed by atoms with Gasteiger partial charge < -0.3 is 16.0 Å². The van der Waals surface area contributed by atoms with Crippen molar-refractivity contribution in [1.82, 2.24) is 0 Å². The topological polar surface area (TPSA) is 58.4 Å². The molecular weight excluding hydrogens is 282 g/mol. The number of amides is 1. The van der Waals surface area contributed by atoms with E-state index in [1.54, 1.807) is 0 Å². The average molecular weight is 305 g/mol. The lowest BCUT2D eigenvalue weighted by Gasteiger charge is -2.18. The summed E-state index contributed by atoms with van der Waals surface area (Å²) >= 11 is 4.98. The number of hydrogen-bond donors (Lipinski definition) is 2. The van der Waals surface area contributed by atoms with Crippen molar-refractivity contribution in [3.05, 3.63) is 24.3 Å². The molecule has 1 atom stereocenters. The fourth-order valence-electron chi connectivity index (χ4n) is 2.65. The van der Waals surface area contributed by atoms with Crippen molar-refractivity contribution < 1.29 is 4.79 Å². The second-order valence-electron chi connectivity index (χ2n) is 5.47. The Labute approximate surface area is 131 Å². The fraction of sp³-hybridized carbons (Fsp3) is 0.500. The molecule has 1 aromatic carbocycles. The van der Waals surface area contributed by atoms with Gasteiger partial charge in [0.1, 0.15) is 0 Å². The molecule has 0 aromatic heterocycles. The zero-order valence-electron chi connectivity index (χ0n) is 12.5. The van der Waals surface area contributed by atoms with Crippen molar-refractivity contribution in [2.45, 2.75) is 32.6 Å². The number of carbonyl (C=O) groups is 1. The maximum absolute atomic E-state index is 12.2. The van der Waals surface area contributed by atoms with Gasteiger partial charge in [-0.15, -0.1) is 0 Å². The molecule has 1 aliphatic heterocycles. The predicted molar refractivity (Wildman–Crippen MR) is 91.7 cm³/mol. The first kappa shape index (κ1) is 15.8. The van der Waals surface area contributed by atoms with Crippen LogP contribution in [0.15, 0.2) is 24.3 Å². The van der Waals surface area contributed by atoms with E-state index >= 15 is 0 Å². The molecule has 0 aliphatic carbocycles. The van der Waals surface area contributed by atoms with E-state index in [2.05, 4.69) is 22.3 Å². The maximum atomic E-state index is 12.2. The molecule has 1 aromatic rings. The van der Waals surface area contributed by atoms with Gasteiger partial charge >= 0.3 is 0 Å². The van der Waals surface area contributed by atoms with Crippen molar-refractivity contribution in [2.24, 2.45) is 11.7 Å². The van der Waals surface area contributed by atoms with Gasteiger partial charge in [-0.2, -0.15) is 0 Å². The van der Waals surface area contributed by atoms with Crippen molar-refractivity contribution in [1.29, 1.82) is 0 Å². The van der Waals surface area contributed by atoms with Gasteiger partial charge in [-0.25, -0.2) is 0 Å². The van der Waals surface area contributed by atoms with E-state index in [1.165, 1.54) is 18.5 Å². The summed E-state index contributed by atoms with van der Waals surface area (Å²) in [4.78, 5) is 14.8. The molecule has 0 saturated carbocycles. The molecule has 1 fully saturated rings. The highest BCUT2D eigenvalue weighted by Gasteiger charge is 2.20. The van der Waals surface area contributed by atoms with E-state index < -0.39 is 0 Å². The number of nitrogens with one attached hydrogen (secondary N) is 1. The molecule has 21 heavy (non-hydrogen) atoms. The summed E-state index contributed by atoms with van der Waals surface area (Å²) in [6.45, 7) is 4.25. The highest BCUT2D eigenvalue weighted by atomic mass is 32.1. The first-order valence-electron chi connectivity index (χ1n) is 7.57. The van der Waals surface area contributed by atoms with Crippen LogP contribution in [-0.2, 0) is 4.79 Å².